The molecule has 0 saturated carbocycles. The van der Waals surface area contributed by atoms with Crippen molar-refractivity contribution in [3.63, 3.8) is 0 Å². The molecule has 4 rings (SSSR count). The van der Waals surface area contributed by atoms with Crippen LogP contribution in [0.1, 0.15) is 30.3 Å². The summed E-state index contributed by atoms with van der Waals surface area (Å²) in [6.07, 6.45) is 3.16. The number of hydrogen-bond acceptors (Lipinski definition) is 7. The van der Waals surface area contributed by atoms with Crippen molar-refractivity contribution in [2.24, 2.45) is 0 Å². The average Bonchev–Trinajstić information content (AvgIpc) is 3.16. The molecule has 1 aromatic heterocycles. The molecule has 0 aliphatic carbocycles. The summed E-state index contributed by atoms with van der Waals surface area (Å²) in [5, 5.41) is 0. The highest BCUT2D eigenvalue weighted by molar-refractivity contribution is 5.92. The van der Waals surface area contributed by atoms with Gasteiger partial charge in [0, 0.05) is 65.2 Å². The maximum atomic E-state index is 12.8. The fourth-order valence-electron chi connectivity index (χ4n) is 3.84. The molecule has 3 fully saturated rings. The van der Waals surface area contributed by atoms with Crippen molar-refractivity contribution in [3.8, 4) is 0 Å². The predicted molar refractivity (Wildman–Crippen MR) is 96.3 cm³/mol. The van der Waals surface area contributed by atoms with E-state index in [0.29, 0.717) is 51.0 Å². The lowest BCUT2D eigenvalue weighted by Gasteiger charge is -2.37. The second-order valence-corrected chi connectivity index (χ2v) is 7.13. The Kier molecular flexibility index (Phi) is 4.96. The van der Waals surface area contributed by atoms with Crippen LogP contribution in [0.15, 0.2) is 12.3 Å². The molecule has 1 spiro atoms. The monoisotopic (exact) mass is 375 g/mol. The number of piperazine rings is 1. The second-order valence-electron chi connectivity index (χ2n) is 7.13. The summed E-state index contributed by atoms with van der Waals surface area (Å²) in [6, 6.07) is 1.65. The van der Waals surface area contributed by atoms with Crippen molar-refractivity contribution in [1.82, 2.24) is 19.8 Å². The van der Waals surface area contributed by atoms with Crippen molar-refractivity contribution >= 4 is 17.8 Å². The van der Waals surface area contributed by atoms with Crippen LogP contribution in [-0.4, -0.2) is 89.9 Å². The van der Waals surface area contributed by atoms with Gasteiger partial charge in [-0.1, -0.05) is 0 Å². The summed E-state index contributed by atoms with van der Waals surface area (Å²) in [5.74, 6) is 0.0544. The van der Waals surface area contributed by atoms with Gasteiger partial charge in [-0.2, -0.15) is 0 Å². The lowest BCUT2D eigenvalue weighted by molar-refractivity contribution is -0.169. The number of carbonyl (C=O) groups is 2. The van der Waals surface area contributed by atoms with Crippen LogP contribution in [0.2, 0.25) is 0 Å². The van der Waals surface area contributed by atoms with E-state index in [1.807, 2.05) is 0 Å². The highest BCUT2D eigenvalue weighted by Crippen LogP contribution is 2.32. The van der Waals surface area contributed by atoms with Gasteiger partial charge in [-0.3, -0.25) is 9.59 Å². The third-order valence-corrected chi connectivity index (χ3v) is 5.50. The van der Waals surface area contributed by atoms with Crippen LogP contribution in [0.5, 0.6) is 0 Å². The molecule has 0 atom stereocenters. The Bertz CT molecular complexity index is 703. The Balaban J connectivity index is 1.39. The zero-order valence-electron chi connectivity index (χ0n) is 15.6. The Labute approximate surface area is 158 Å². The molecule has 3 saturated heterocycles. The highest BCUT2D eigenvalue weighted by Gasteiger charge is 2.40. The van der Waals surface area contributed by atoms with Crippen molar-refractivity contribution in [2.45, 2.75) is 25.6 Å². The quantitative estimate of drug-likeness (QED) is 0.726. The van der Waals surface area contributed by atoms with Gasteiger partial charge in [0.1, 0.15) is 5.69 Å². The molecular formula is C18H25N5O4. The molecule has 9 heteroatoms. The number of hydrogen-bond donors (Lipinski definition) is 0. The third-order valence-electron chi connectivity index (χ3n) is 5.50. The van der Waals surface area contributed by atoms with Crippen molar-refractivity contribution < 1.29 is 19.1 Å². The lowest BCUT2D eigenvalue weighted by Crippen LogP contribution is -2.50. The van der Waals surface area contributed by atoms with Crippen LogP contribution in [0, 0.1) is 0 Å². The average molecular weight is 375 g/mol. The van der Waals surface area contributed by atoms with Gasteiger partial charge in [0.05, 0.1) is 13.2 Å². The molecule has 0 radical (unpaired) electrons. The summed E-state index contributed by atoms with van der Waals surface area (Å²) in [5.41, 5.74) is 0.393. The third kappa shape index (κ3) is 3.74. The van der Waals surface area contributed by atoms with Gasteiger partial charge < -0.3 is 24.2 Å². The standard InChI is InChI=1S/C18H25N5O4/c1-14(24)21-8-10-22(11-9-21)16(25)15-2-5-19-17(20-15)23-6-3-18(4-7-23)26-12-13-27-18/h2,5H,3-4,6-13H2,1H3. The van der Waals surface area contributed by atoms with Crippen LogP contribution in [0.25, 0.3) is 0 Å². The first-order valence-electron chi connectivity index (χ1n) is 9.47. The molecule has 1 aromatic rings. The summed E-state index contributed by atoms with van der Waals surface area (Å²) in [4.78, 5) is 38.7. The van der Waals surface area contributed by atoms with Gasteiger partial charge in [-0.05, 0) is 6.07 Å². The van der Waals surface area contributed by atoms with Crippen molar-refractivity contribution in [1.29, 1.82) is 0 Å². The van der Waals surface area contributed by atoms with Crippen LogP contribution in [0.4, 0.5) is 5.95 Å². The van der Waals surface area contributed by atoms with E-state index in [9.17, 15) is 9.59 Å². The number of ether oxygens (including phenoxy) is 2. The molecule has 2 amide bonds. The fraction of sp³-hybridized carbons (Fsp3) is 0.667. The van der Waals surface area contributed by atoms with Crippen molar-refractivity contribution in [2.75, 3.05) is 57.4 Å². The Morgan fingerprint density at radius 2 is 1.63 bits per heavy atom. The Morgan fingerprint density at radius 3 is 2.26 bits per heavy atom. The molecule has 3 aliphatic heterocycles. The topological polar surface area (TPSA) is 88.1 Å². The number of aromatic nitrogens is 2. The van der Waals surface area contributed by atoms with E-state index in [0.717, 1.165) is 25.9 Å². The Hall–Kier alpha value is -2.26. The normalized spacial score (nSPS) is 22.3. The van der Waals surface area contributed by atoms with Gasteiger partial charge in [-0.25, -0.2) is 9.97 Å². The van der Waals surface area contributed by atoms with E-state index < -0.39 is 5.79 Å². The van der Waals surface area contributed by atoms with Crippen LogP contribution < -0.4 is 4.90 Å². The summed E-state index contributed by atoms with van der Waals surface area (Å²) >= 11 is 0. The van der Waals surface area contributed by atoms with E-state index in [1.165, 1.54) is 0 Å². The number of rotatable bonds is 2. The van der Waals surface area contributed by atoms with Gasteiger partial charge in [-0.15, -0.1) is 0 Å². The maximum Gasteiger partial charge on any atom is 0.272 e. The summed E-state index contributed by atoms with van der Waals surface area (Å²) in [7, 11) is 0. The highest BCUT2D eigenvalue weighted by atomic mass is 16.7. The number of amides is 2. The lowest BCUT2D eigenvalue weighted by atomic mass is 10.0. The maximum absolute atomic E-state index is 12.8. The van der Waals surface area contributed by atoms with Crippen molar-refractivity contribution in [3.05, 3.63) is 18.0 Å². The number of nitrogens with zero attached hydrogens (tertiary/aromatic N) is 5. The van der Waals surface area contributed by atoms with E-state index in [-0.39, 0.29) is 11.8 Å². The first-order valence-corrected chi connectivity index (χ1v) is 9.47. The first kappa shape index (κ1) is 18.1. The molecule has 0 N–H and O–H groups in total. The molecule has 9 nitrogen and oxygen atoms in total. The molecule has 27 heavy (non-hydrogen) atoms. The zero-order chi connectivity index (χ0) is 18.9. The minimum Gasteiger partial charge on any atom is -0.347 e. The fourth-order valence-corrected chi connectivity index (χ4v) is 3.84. The second kappa shape index (κ2) is 7.40. The van der Waals surface area contributed by atoms with Crippen LogP contribution in [0.3, 0.4) is 0 Å². The van der Waals surface area contributed by atoms with Crippen LogP contribution in [-0.2, 0) is 14.3 Å². The van der Waals surface area contributed by atoms with Gasteiger partial charge in [0.25, 0.3) is 5.91 Å². The summed E-state index contributed by atoms with van der Waals surface area (Å²) in [6.45, 7) is 6.50. The largest absolute Gasteiger partial charge is 0.347 e. The molecule has 146 valence electrons. The van der Waals surface area contributed by atoms with Gasteiger partial charge in [0.2, 0.25) is 11.9 Å². The minimum absolute atomic E-state index is 0.0458. The molecule has 3 aliphatic rings. The van der Waals surface area contributed by atoms with Gasteiger partial charge >= 0.3 is 0 Å². The number of carbonyl (C=O) groups excluding carboxylic acids is 2. The van der Waals surface area contributed by atoms with E-state index in [2.05, 4.69) is 14.9 Å². The number of anilines is 1. The predicted octanol–water partition coefficient (Wildman–Crippen LogP) is 0.124. The molecule has 0 bridgehead atoms. The van der Waals surface area contributed by atoms with Gasteiger partial charge in [0.15, 0.2) is 5.79 Å². The SMILES string of the molecule is CC(=O)N1CCN(C(=O)c2ccnc(N3CCC4(CC3)OCCO4)n2)CC1. The van der Waals surface area contributed by atoms with E-state index in [1.54, 1.807) is 29.0 Å². The van der Waals surface area contributed by atoms with E-state index >= 15 is 0 Å². The smallest absolute Gasteiger partial charge is 0.272 e. The molecular weight excluding hydrogens is 350 g/mol. The Morgan fingerprint density at radius 1 is 1.00 bits per heavy atom. The van der Waals surface area contributed by atoms with Crippen LogP contribution >= 0.6 is 0 Å². The molecule has 0 unspecified atom stereocenters. The van der Waals surface area contributed by atoms with E-state index in [4.69, 9.17) is 9.47 Å². The zero-order valence-corrected chi connectivity index (χ0v) is 15.6. The first-order chi connectivity index (χ1) is 13.1. The number of piperidine rings is 1. The minimum atomic E-state index is -0.444. The molecule has 0 aromatic carbocycles. The molecule has 4 heterocycles. The summed E-state index contributed by atoms with van der Waals surface area (Å²) < 4.78 is 11.5.